The molecular formula is C19H13BrN4O5. The molecule has 0 fully saturated rings. The molecule has 9 nitrogen and oxygen atoms in total. The number of para-hydroxylation sites is 2. The topological polar surface area (TPSA) is 118 Å². The molecule has 2 amide bonds. The van der Waals surface area contributed by atoms with E-state index in [-0.39, 0.29) is 17.0 Å². The van der Waals surface area contributed by atoms with Gasteiger partial charge in [0.2, 0.25) is 0 Å². The zero-order valence-corrected chi connectivity index (χ0v) is 16.3. The van der Waals surface area contributed by atoms with Gasteiger partial charge in [-0.25, -0.2) is 5.01 Å². The second-order valence-corrected chi connectivity index (χ2v) is 6.91. The zero-order valence-electron chi connectivity index (χ0n) is 14.7. The molecule has 3 aromatic rings. The molecule has 146 valence electrons. The molecule has 29 heavy (non-hydrogen) atoms. The maximum Gasteiger partial charge on any atom is 0.305 e. The number of carbonyl (C=O) groups excluding carboxylic acids is 2. The van der Waals surface area contributed by atoms with Crippen LogP contribution in [0.1, 0.15) is 32.6 Å². The number of rotatable bonds is 4. The molecule has 0 bridgehead atoms. The fourth-order valence-electron chi connectivity index (χ4n) is 3.07. The number of fused-ring (bicyclic) bond motifs is 1. The van der Waals surface area contributed by atoms with Crippen molar-refractivity contribution in [1.29, 1.82) is 0 Å². The molecule has 0 saturated carbocycles. The number of anilines is 1. The minimum Gasteiger partial charge on any atom is -0.444 e. The number of carbonyl (C=O) groups is 2. The highest BCUT2D eigenvalue weighted by atomic mass is 79.9. The lowest BCUT2D eigenvalue weighted by Gasteiger charge is -2.37. The van der Waals surface area contributed by atoms with Crippen LogP contribution in [-0.2, 0) is 0 Å². The Bertz CT molecular complexity index is 1130. The minimum absolute atomic E-state index is 0.0233. The SMILES string of the molecule is O=C(NN1C(=O)c2ccccc2N[C@@H]1c1ccccc1[N+](=O)[O-])c1ccc(Br)o1. The van der Waals surface area contributed by atoms with Crippen molar-refractivity contribution in [3.05, 3.63) is 92.3 Å². The second-order valence-electron chi connectivity index (χ2n) is 6.13. The van der Waals surface area contributed by atoms with E-state index in [1.807, 2.05) is 0 Å². The first kappa shape index (κ1) is 18.7. The molecular weight excluding hydrogens is 444 g/mol. The van der Waals surface area contributed by atoms with Crippen LogP contribution >= 0.6 is 15.9 Å². The summed E-state index contributed by atoms with van der Waals surface area (Å²) in [5.41, 5.74) is 3.37. The Morgan fingerprint density at radius 1 is 1.14 bits per heavy atom. The summed E-state index contributed by atoms with van der Waals surface area (Å²) in [7, 11) is 0. The van der Waals surface area contributed by atoms with Gasteiger partial charge in [0.1, 0.15) is 0 Å². The number of halogens is 1. The quantitative estimate of drug-likeness (QED) is 0.454. The summed E-state index contributed by atoms with van der Waals surface area (Å²) in [5, 5.41) is 15.6. The highest BCUT2D eigenvalue weighted by molar-refractivity contribution is 9.10. The number of hydrogen-bond acceptors (Lipinski definition) is 6. The number of nitro groups is 1. The molecule has 1 atom stereocenters. The first-order valence-corrected chi connectivity index (χ1v) is 9.24. The van der Waals surface area contributed by atoms with Gasteiger partial charge in [0.05, 0.1) is 16.1 Å². The van der Waals surface area contributed by atoms with Crippen LogP contribution in [0.2, 0.25) is 0 Å². The standard InChI is InChI=1S/C19H13BrN4O5/c20-16-10-9-15(29-16)18(25)22-23-17(12-6-2-4-8-14(12)24(27)28)21-13-7-3-1-5-11(13)19(23)26/h1-10,17,21H,(H,22,25)/t17-/m0/s1. The van der Waals surface area contributed by atoms with Gasteiger partial charge in [-0.05, 0) is 46.3 Å². The van der Waals surface area contributed by atoms with Crippen LogP contribution in [0.15, 0.2) is 69.8 Å². The summed E-state index contributed by atoms with van der Waals surface area (Å²) in [6.45, 7) is 0. The second kappa shape index (κ2) is 7.40. The maximum atomic E-state index is 13.1. The number of hydrogen-bond donors (Lipinski definition) is 2. The normalized spacial score (nSPS) is 15.4. The van der Waals surface area contributed by atoms with E-state index in [4.69, 9.17) is 4.42 Å². The molecule has 0 radical (unpaired) electrons. The number of nitrogens with one attached hydrogen (secondary N) is 2. The van der Waals surface area contributed by atoms with E-state index in [2.05, 4.69) is 26.7 Å². The Kier molecular flexibility index (Phi) is 4.77. The Labute approximate surface area is 172 Å². The van der Waals surface area contributed by atoms with E-state index in [9.17, 15) is 19.7 Å². The lowest BCUT2D eigenvalue weighted by Crippen LogP contribution is -2.52. The molecule has 0 unspecified atom stereocenters. The number of nitro benzene ring substituents is 1. The minimum atomic E-state index is -0.999. The Morgan fingerprint density at radius 3 is 2.59 bits per heavy atom. The van der Waals surface area contributed by atoms with Gasteiger partial charge in [-0.2, -0.15) is 0 Å². The average Bonchev–Trinajstić information content (AvgIpc) is 3.16. The van der Waals surface area contributed by atoms with Crippen molar-refractivity contribution >= 4 is 39.1 Å². The average molecular weight is 457 g/mol. The molecule has 2 N–H and O–H groups in total. The first-order chi connectivity index (χ1) is 14.0. The lowest BCUT2D eigenvalue weighted by atomic mass is 10.0. The van der Waals surface area contributed by atoms with E-state index in [0.717, 1.165) is 5.01 Å². The molecule has 0 saturated heterocycles. The third-order valence-electron chi connectivity index (χ3n) is 4.37. The van der Waals surface area contributed by atoms with E-state index in [0.29, 0.717) is 15.9 Å². The summed E-state index contributed by atoms with van der Waals surface area (Å²) in [6.07, 6.45) is -0.999. The van der Waals surface area contributed by atoms with Crippen molar-refractivity contribution in [3.8, 4) is 0 Å². The number of benzene rings is 2. The van der Waals surface area contributed by atoms with Crippen molar-refractivity contribution in [3.63, 3.8) is 0 Å². The molecule has 0 aliphatic carbocycles. The van der Waals surface area contributed by atoms with Gasteiger partial charge < -0.3 is 9.73 Å². The highest BCUT2D eigenvalue weighted by Gasteiger charge is 2.37. The van der Waals surface area contributed by atoms with Gasteiger partial charge in [-0.15, -0.1) is 0 Å². The third kappa shape index (κ3) is 3.45. The molecule has 1 aliphatic rings. The molecule has 2 aromatic carbocycles. The van der Waals surface area contributed by atoms with Crippen LogP contribution in [0.4, 0.5) is 11.4 Å². The van der Waals surface area contributed by atoms with Crippen LogP contribution in [0, 0.1) is 10.1 Å². The molecule has 4 rings (SSSR count). The lowest BCUT2D eigenvalue weighted by molar-refractivity contribution is -0.385. The third-order valence-corrected chi connectivity index (χ3v) is 4.80. The highest BCUT2D eigenvalue weighted by Crippen LogP contribution is 2.35. The van der Waals surface area contributed by atoms with E-state index in [1.165, 1.54) is 24.3 Å². The molecule has 2 heterocycles. The van der Waals surface area contributed by atoms with E-state index < -0.39 is 22.9 Å². The summed E-state index contributed by atoms with van der Waals surface area (Å²) >= 11 is 3.12. The van der Waals surface area contributed by atoms with E-state index in [1.54, 1.807) is 36.4 Å². The molecule has 0 spiro atoms. The molecule has 1 aliphatic heterocycles. The number of furan rings is 1. The van der Waals surface area contributed by atoms with Crippen LogP contribution in [0.3, 0.4) is 0 Å². The zero-order chi connectivity index (χ0) is 20.5. The number of hydrazine groups is 1. The van der Waals surface area contributed by atoms with Gasteiger partial charge in [0.15, 0.2) is 16.6 Å². The fourth-order valence-corrected chi connectivity index (χ4v) is 3.38. The summed E-state index contributed by atoms with van der Waals surface area (Å²) in [5.74, 6) is -1.21. The van der Waals surface area contributed by atoms with Crippen LogP contribution in [0.25, 0.3) is 0 Å². The largest absolute Gasteiger partial charge is 0.444 e. The summed E-state index contributed by atoms with van der Waals surface area (Å²) in [4.78, 5) is 36.7. The number of amides is 2. The summed E-state index contributed by atoms with van der Waals surface area (Å²) < 4.78 is 5.59. The smallest absolute Gasteiger partial charge is 0.305 e. The van der Waals surface area contributed by atoms with Gasteiger partial charge in [0.25, 0.3) is 11.6 Å². The van der Waals surface area contributed by atoms with Gasteiger partial charge in [0, 0.05) is 11.8 Å². The van der Waals surface area contributed by atoms with Crippen molar-refractivity contribution in [1.82, 2.24) is 10.4 Å². The Hall–Kier alpha value is -3.66. The maximum absolute atomic E-state index is 13.1. The first-order valence-electron chi connectivity index (χ1n) is 8.44. The molecule has 1 aromatic heterocycles. The van der Waals surface area contributed by atoms with Crippen LogP contribution in [-0.4, -0.2) is 21.7 Å². The van der Waals surface area contributed by atoms with Gasteiger partial charge in [-0.3, -0.25) is 25.1 Å². The van der Waals surface area contributed by atoms with Gasteiger partial charge >= 0.3 is 5.91 Å². The number of nitrogens with zero attached hydrogens (tertiary/aromatic N) is 2. The van der Waals surface area contributed by atoms with E-state index >= 15 is 0 Å². The van der Waals surface area contributed by atoms with Crippen molar-refractivity contribution in [2.45, 2.75) is 6.17 Å². The van der Waals surface area contributed by atoms with Crippen LogP contribution < -0.4 is 10.7 Å². The molecule has 10 heteroatoms. The van der Waals surface area contributed by atoms with Crippen molar-refractivity contribution < 1.29 is 18.9 Å². The van der Waals surface area contributed by atoms with Crippen molar-refractivity contribution in [2.24, 2.45) is 0 Å². The van der Waals surface area contributed by atoms with Crippen LogP contribution in [0.5, 0.6) is 0 Å². The monoisotopic (exact) mass is 456 g/mol. The Balaban J connectivity index is 1.78. The van der Waals surface area contributed by atoms with Crippen molar-refractivity contribution in [2.75, 3.05) is 5.32 Å². The predicted molar refractivity (Wildman–Crippen MR) is 106 cm³/mol. The Morgan fingerprint density at radius 2 is 1.86 bits per heavy atom. The summed E-state index contributed by atoms with van der Waals surface area (Å²) in [6, 6.07) is 15.7. The van der Waals surface area contributed by atoms with Gasteiger partial charge in [-0.1, -0.05) is 24.3 Å². The predicted octanol–water partition coefficient (Wildman–Crippen LogP) is 3.86. The fraction of sp³-hybridized carbons (Fsp3) is 0.0526.